The van der Waals surface area contributed by atoms with Crippen LogP contribution in [0.4, 0.5) is 0 Å². The molecule has 0 bridgehead atoms. The third-order valence-electron chi connectivity index (χ3n) is 2.74. The number of furan rings is 1. The first-order valence-corrected chi connectivity index (χ1v) is 7.02. The lowest BCUT2D eigenvalue weighted by Gasteiger charge is -2.25. The van der Waals surface area contributed by atoms with Crippen LogP contribution in [0.15, 0.2) is 51.6 Å². The number of rotatable bonds is 5. The molecule has 20 heavy (non-hydrogen) atoms. The number of carbonyl (C=O) groups is 1. The Hall–Kier alpha value is -1.75. The normalized spacial score (nSPS) is 11.2. The second kappa shape index (κ2) is 6.13. The summed E-state index contributed by atoms with van der Waals surface area (Å²) < 4.78 is 11.9. The molecule has 2 rings (SSSR count). The second-order valence-corrected chi connectivity index (χ2v) is 5.74. The Balaban J connectivity index is 1.94. The molecule has 1 aromatic carbocycles. The largest absolute Gasteiger partial charge is 0.478 e. The van der Waals surface area contributed by atoms with Crippen LogP contribution in [0, 0.1) is 0 Å². The van der Waals surface area contributed by atoms with Gasteiger partial charge in [0.2, 0.25) is 0 Å². The molecule has 0 saturated carbocycles. The molecule has 0 aliphatic carbocycles. The van der Waals surface area contributed by atoms with Crippen LogP contribution in [0.3, 0.4) is 0 Å². The fourth-order valence-electron chi connectivity index (χ4n) is 1.64. The second-order valence-electron chi connectivity index (χ2n) is 4.83. The number of halogens is 1. The summed E-state index contributed by atoms with van der Waals surface area (Å²) >= 11 is 3.36. The van der Waals surface area contributed by atoms with Gasteiger partial charge < -0.3 is 14.5 Å². The Morgan fingerprint density at radius 2 is 2.00 bits per heavy atom. The monoisotopic (exact) mass is 337 g/mol. The minimum Gasteiger partial charge on any atom is -0.478 e. The molecule has 0 unspecified atom stereocenters. The van der Waals surface area contributed by atoms with Crippen LogP contribution in [0.25, 0.3) is 0 Å². The molecule has 4 nitrogen and oxygen atoms in total. The zero-order valence-corrected chi connectivity index (χ0v) is 12.9. The zero-order chi connectivity index (χ0) is 14.6. The summed E-state index contributed by atoms with van der Waals surface area (Å²) in [6, 6.07) is 10.9. The Morgan fingerprint density at radius 3 is 2.60 bits per heavy atom. The summed E-state index contributed by atoms with van der Waals surface area (Å²) in [6.45, 7) is 3.80. The van der Waals surface area contributed by atoms with Crippen LogP contribution in [0.1, 0.15) is 19.6 Å². The van der Waals surface area contributed by atoms with Gasteiger partial charge in [-0.3, -0.25) is 4.79 Å². The standard InChI is InChI=1S/C15H16BrNO3/c1-15(2,20-12-7-5-11(16)6-8-12)14(18)17-10-13-4-3-9-19-13/h3-9H,10H2,1-2H3,(H,17,18). The highest BCUT2D eigenvalue weighted by Gasteiger charge is 2.29. The smallest absolute Gasteiger partial charge is 0.263 e. The molecule has 0 fully saturated rings. The average molecular weight is 338 g/mol. The SMILES string of the molecule is CC(C)(Oc1ccc(Br)cc1)C(=O)NCc1ccco1. The molecule has 1 N–H and O–H groups in total. The van der Waals surface area contributed by atoms with Crippen LogP contribution < -0.4 is 10.1 Å². The van der Waals surface area contributed by atoms with Crippen molar-refractivity contribution < 1.29 is 13.9 Å². The molecule has 0 saturated heterocycles. The summed E-state index contributed by atoms with van der Waals surface area (Å²) in [7, 11) is 0. The predicted octanol–water partition coefficient (Wildman–Crippen LogP) is 3.52. The van der Waals surface area contributed by atoms with Crippen molar-refractivity contribution in [2.75, 3.05) is 0 Å². The first-order chi connectivity index (χ1) is 9.47. The third kappa shape index (κ3) is 3.87. The van der Waals surface area contributed by atoms with E-state index < -0.39 is 5.60 Å². The van der Waals surface area contributed by atoms with E-state index in [9.17, 15) is 4.79 Å². The van der Waals surface area contributed by atoms with Gasteiger partial charge in [0, 0.05) is 4.47 Å². The molecule has 0 atom stereocenters. The predicted molar refractivity (Wildman–Crippen MR) is 79.4 cm³/mol. The molecular weight excluding hydrogens is 322 g/mol. The number of carbonyl (C=O) groups excluding carboxylic acids is 1. The van der Waals surface area contributed by atoms with Gasteiger partial charge in [-0.05, 0) is 50.2 Å². The van der Waals surface area contributed by atoms with Crippen molar-refractivity contribution in [1.29, 1.82) is 0 Å². The van der Waals surface area contributed by atoms with Crippen LogP contribution in [-0.4, -0.2) is 11.5 Å². The van der Waals surface area contributed by atoms with E-state index in [0.717, 1.165) is 4.47 Å². The lowest BCUT2D eigenvalue weighted by atomic mass is 10.1. The summed E-state index contributed by atoms with van der Waals surface area (Å²) in [4.78, 5) is 12.1. The molecule has 2 aromatic rings. The first-order valence-electron chi connectivity index (χ1n) is 6.22. The fraction of sp³-hybridized carbons (Fsp3) is 0.267. The molecular formula is C15H16BrNO3. The van der Waals surface area contributed by atoms with Crippen molar-refractivity contribution in [3.8, 4) is 5.75 Å². The molecule has 0 aliphatic rings. The Morgan fingerprint density at radius 1 is 1.30 bits per heavy atom. The van der Waals surface area contributed by atoms with Gasteiger partial charge in [0.1, 0.15) is 11.5 Å². The van der Waals surface area contributed by atoms with Gasteiger partial charge in [-0.25, -0.2) is 0 Å². The van der Waals surface area contributed by atoms with Crippen LogP contribution >= 0.6 is 15.9 Å². The highest BCUT2D eigenvalue weighted by Crippen LogP contribution is 2.21. The van der Waals surface area contributed by atoms with E-state index in [4.69, 9.17) is 9.15 Å². The maximum absolute atomic E-state index is 12.1. The average Bonchev–Trinajstić information content (AvgIpc) is 2.91. The van der Waals surface area contributed by atoms with Gasteiger partial charge in [-0.15, -0.1) is 0 Å². The van der Waals surface area contributed by atoms with Gasteiger partial charge in [-0.1, -0.05) is 15.9 Å². The number of ether oxygens (including phenoxy) is 1. The number of hydrogen-bond acceptors (Lipinski definition) is 3. The van der Waals surface area contributed by atoms with Crippen molar-refractivity contribution in [2.45, 2.75) is 26.0 Å². The van der Waals surface area contributed by atoms with E-state index in [-0.39, 0.29) is 5.91 Å². The molecule has 5 heteroatoms. The first kappa shape index (κ1) is 14.7. The molecule has 1 aromatic heterocycles. The Bertz CT molecular complexity index is 561. The van der Waals surface area contributed by atoms with Gasteiger partial charge in [0.05, 0.1) is 12.8 Å². The van der Waals surface area contributed by atoms with E-state index in [2.05, 4.69) is 21.2 Å². The van der Waals surface area contributed by atoms with E-state index >= 15 is 0 Å². The highest BCUT2D eigenvalue weighted by atomic mass is 79.9. The van der Waals surface area contributed by atoms with Crippen LogP contribution in [0.5, 0.6) is 5.75 Å². The van der Waals surface area contributed by atoms with E-state index in [0.29, 0.717) is 18.1 Å². The van der Waals surface area contributed by atoms with Crippen LogP contribution in [-0.2, 0) is 11.3 Å². The maximum atomic E-state index is 12.1. The van der Waals surface area contributed by atoms with Gasteiger partial charge in [0.15, 0.2) is 5.60 Å². The number of hydrogen-bond donors (Lipinski definition) is 1. The molecule has 106 valence electrons. The summed E-state index contributed by atoms with van der Waals surface area (Å²) in [6.07, 6.45) is 1.57. The van der Waals surface area contributed by atoms with E-state index in [1.54, 1.807) is 26.2 Å². The summed E-state index contributed by atoms with van der Waals surface area (Å²) in [5.74, 6) is 1.15. The minimum atomic E-state index is -0.958. The van der Waals surface area contributed by atoms with E-state index in [1.807, 2.05) is 30.3 Å². The maximum Gasteiger partial charge on any atom is 0.263 e. The van der Waals surface area contributed by atoms with Crippen molar-refractivity contribution in [3.63, 3.8) is 0 Å². The van der Waals surface area contributed by atoms with Gasteiger partial charge >= 0.3 is 0 Å². The molecule has 1 amide bonds. The summed E-state index contributed by atoms with van der Waals surface area (Å²) in [5, 5.41) is 2.79. The van der Waals surface area contributed by atoms with Crippen LogP contribution in [0.2, 0.25) is 0 Å². The topological polar surface area (TPSA) is 51.5 Å². The fourth-order valence-corrected chi connectivity index (χ4v) is 1.90. The van der Waals surface area contributed by atoms with Crippen molar-refractivity contribution in [2.24, 2.45) is 0 Å². The number of amides is 1. The lowest BCUT2D eigenvalue weighted by molar-refractivity contribution is -0.134. The Labute approximate surface area is 126 Å². The zero-order valence-electron chi connectivity index (χ0n) is 11.4. The molecule has 1 heterocycles. The summed E-state index contributed by atoms with van der Waals surface area (Å²) in [5.41, 5.74) is -0.958. The van der Waals surface area contributed by atoms with Crippen molar-refractivity contribution >= 4 is 21.8 Å². The van der Waals surface area contributed by atoms with Gasteiger partial charge in [-0.2, -0.15) is 0 Å². The molecule has 0 aliphatic heterocycles. The van der Waals surface area contributed by atoms with E-state index in [1.165, 1.54) is 0 Å². The van der Waals surface area contributed by atoms with Crippen molar-refractivity contribution in [1.82, 2.24) is 5.32 Å². The quantitative estimate of drug-likeness (QED) is 0.908. The Kier molecular flexibility index (Phi) is 4.49. The number of nitrogens with one attached hydrogen (secondary N) is 1. The molecule has 0 radical (unpaired) electrons. The number of benzene rings is 1. The third-order valence-corrected chi connectivity index (χ3v) is 3.27. The highest BCUT2D eigenvalue weighted by molar-refractivity contribution is 9.10. The van der Waals surface area contributed by atoms with Crippen molar-refractivity contribution in [3.05, 3.63) is 52.9 Å². The lowest BCUT2D eigenvalue weighted by Crippen LogP contribution is -2.46. The molecule has 0 spiro atoms. The van der Waals surface area contributed by atoms with Gasteiger partial charge in [0.25, 0.3) is 5.91 Å². The minimum absolute atomic E-state index is 0.197.